The van der Waals surface area contributed by atoms with Crippen LogP contribution in [0.25, 0.3) is 0 Å². The molecule has 0 aromatic heterocycles. The number of carbonyl (C=O) groups is 2. The van der Waals surface area contributed by atoms with Crippen molar-refractivity contribution in [3.8, 4) is 5.75 Å². The van der Waals surface area contributed by atoms with Crippen LogP contribution in [-0.4, -0.2) is 47.3 Å². The topological polar surface area (TPSA) is 71.0 Å². The van der Waals surface area contributed by atoms with Crippen molar-refractivity contribution in [3.05, 3.63) is 60.2 Å². The van der Waals surface area contributed by atoms with Gasteiger partial charge in [0, 0.05) is 19.5 Å². The quantitative estimate of drug-likeness (QED) is 0.664. The van der Waals surface area contributed by atoms with Gasteiger partial charge in [0.2, 0.25) is 11.8 Å². The standard InChI is InChI=1S/C23H27N3O3S/c1-3-24-21(27)16-20-22(28)26(15-7-10-17-8-5-4-6-9-17)23(30-20)25-18-11-13-19(29-2)14-12-18/h4-6,8-9,11-14,20H,3,7,10,15-16H2,1-2H3,(H,24,27). The van der Waals surface area contributed by atoms with Gasteiger partial charge in [0.1, 0.15) is 11.0 Å². The summed E-state index contributed by atoms with van der Waals surface area (Å²) in [5.74, 6) is 0.591. The number of amidine groups is 1. The van der Waals surface area contributed by atoms with E-state index in [0.29, 0.717) is 18.3 Å². The predicted octanol–water partition coefficient (Wildman–Crippen LogP) is 3.79. The molecule has 1 heterocycles. The number of carbonyl (C=O) groups excluding carboxylic acids is 2. The Morgan fingerprint density at radius 3 is 2.57 bits per heavy atom. The van der Waals surface area contributed by atoms with Gasteiger partial charge < -0.3 is 10.1 Å². The van der Waals surface area contributed by atoms with Gasteiger partial charge in [-0.3, -0.25) is 14.5 Å². The van der Waals surface area contributed by atoms with Crippen LogP contribution in [0.2, 0.25) is 0 Å². The van der Waals surface area contributed by atoms with E-state index in [1.807, 2.05) is 49.4 Å². The van der Waals surface area contributed by atoms with Crippen molar-refractivity contribution in [2.75, 3.05) is 20.2 Å². The second-order valence-electron chi connectivity index (χ2n) is 6.94. The maximum atomic E-state index is 13.0. The number of nitrogens with one attached hydrogen (secondary N) is 1. The molecule has 1 aliphatic heterocycles. The van der Waals surface area contributed by atoms with E-state index in [4.69, 9.17) is 9.73 Å². The van der Waals surface area contributed by atoms with Crippen LogP contribution in [0.4, 0.5) is 5.69 Å². The van der Waals surface area contributed by atoms with Crippen LogP contribution >= 0.6 is 11.8 Å². The van der Waals surface area contributed by atoms with E-state index in [2.05, 4.69) is 17.4 Å². The van der Waals surface area contributed by atoms with Crippen LogP contribution in [-0.2, 0) is 16.0 Å². The number of hydrogen-bond acceptors (Lipinski definition) is 5. The first-order chi connectivity index (χ1) is 14.6. The molecule has 2 aromatic rings. The Morgan fingerprint density at radius 1 is 1.17 bits per heavy atom. The highest BCUT2D eigenvalue weighted by atomic mass is 32.2. The number of hydrogen-bond donors (Lipinski definition) is 1. The second kappa shape index (κ2) is 10.8. The Morgan fingerprint density at radius 2 is 1.90 bits per heavy atom. The Kier molecular flexibility index (Phi) is 7.90. The molecule has 1 aliphatic rings. The third kappa shape index (κ3) is 5.86. The zero-order valence-corrected chi connectivity index (χ0v) is 18.2. The molecule has 0 bridgehead atoms. The molecule has 6 nitrogen and oxygen atoms in total. The maximum Gasteiger partial charge on any atom is 0.242 e. The first-order valence-corrected chi connectivity index (χ1v) is 11.0. The van der Waals surface area contributed by atoms with Gasteiger partial charge >= 0.3 is 0 Å². The summed E-state index contributed by atoms with van der Waals surface area (Å²) in [5, 5.41) is 2.98. The Labute approximate surface area is 181 Å². The number of amides is 2. The van der Waals surface area contributed by atoms with E-state index >= 15 is 0 Å². The van der Waals surface area contributed by atoms with E-state index in [-0.39, 0.29) is 18.2 Å². The number of rotatable bonds is 9. The Hall–Kier alpha value is -2.80. The zero-order chi connectivity index (χ0) is 21.3. The van der Waals surface area contributed by atoms with Crippen molar-refractivity contribution in [2.45, 2.75) is 31.4 Å². The van der Waals surface area contributed by atoms with Crippen molar-refractivity contribution in [2.24, 2.45) is 4.99 Å². The normalized spacial score (nSPS) is 17.4. The van der Waals surface area contributed by atoms with Crippen molar-refractivity contribution in [1.82, 2.24) is 10.2 Å². The van der Waals surface area contributed by atoms with Crippen LogP contribution in [0.1, 0.15) is 25.3 Å². The molecule has 30 heavy (non-hydrogen) atoms. The lowest BCUT2D eigenvalue weighted by Gasteiger charge is -2.16. The lowest BCUT2D eigenvalue weighted by Crippen LogP contribution is -2.35. The van der Waals surface area contributed by atoms with Gasteiger partial charge in [0.15, 0.2) is 5.17 Å². The predicted molar refractivity (Wildman–Crippen MR) is 121 cm³/mol. The van der Waals surface area contributed by atoms with Crippen LogP contribution < -0.4 is 10.1 Å². The largest absolute Gasteiger partial charge is 0.497 e. The van der Waals surface area contributed by atoms with E-state index in [1.54, 1.807) is 12.0 Å². The van der Waals surface area contributed by atoms with Crippen LogP contribution in [0.3, 0.4) is 0 Å². The van der Waals surface area contributed by atoms with Crippen LogP contribution in [0.5, 0.6) is 5.75 Å². The summed E-state index contributed by atoms with van der Waals surface area (Å²) < 4.78 is 5.19. The number of ether oxygens (including phenoxy) is 1. The van der Waals surface area contributed by atoms with E-state index in [9.17, 15) is 9.59 Å². The van der Waals surface area contributed by atoms with Gasteiger partial charge in [-0.25, -0.2) is 4.99 Å². The molecule has 1 unspecified atom stereocenters. The molecule has 1 fully saturated rings. The fourth-order valence-electron chi connectivity index (χ4n) is 3.22. The average Bonchev–Trinajstić information content (AvgIpc) is 3.04. The van der Waals surface area contributed by atoms with Crippen molar-refractivity contribution in [1.29, 1.82) is 0 Å². The fraction of sp³-hybridized carbons (Fsp3) is 0.348. The monoisotopic (exact) mass is 425 g/mol. The second-order valence-corrected chi connectivity index (χ2v) is 8.11. The van der Waals surface area contributed by atoms with E-state index in [1.165, 1.54) is 17.3 Å². The molecule has 2 amide bonds. The molecule has 2 aromatic carbocycles. The summed E-state index contributed by atoms with van der Waals surface area (Å²) in [4.78, 5) is 31.5. The summed E-state index contributed by atoms with van der Waals surface area (Å²) in [5.41, 5.74) is 1.99. The molecule has 3 rings (SSSR count). The number of aryl methyl sites for hydroxylation is 1. The molecule has 1 atom stereocenters. The van der Waals surface area contributed by atoms with Crippen molar-refractivity contribution >= 4 is 34.4 Å². The SMILES string of the molecule is CCNC(=O)CC1SC(=Nc2ccc(OC)cc2)N(CCCc2ccccc2)C1=O. The molecule has 0 spiro atoms. The average molecular weight is 426 g/mol. The molecule has 158 valence electrons. The van der Waals surface area contributed by atoms with Crippen LogP contribution in [0, 0.1) is 0 Å². The minimum Gasteiger partial charge on any atom is -0.497 e. The first-order valence-electron chi connectivity index (χ1n) is 10.1. The molecule has 0 saturated carbocycles. The van der Waals surface area contributed by atoms with Crippen molar-refractivity contribution < 1.29 is 14.3 Å². The first kappa shape index (κ1) is 21.9. The highest BCUT2D eigenvalue weighted by Gasteiger charge is 2.38. The third-order valence-electron chi connectivity index (χ3n) is 4.75. The zero-order valence-electron chi connectivity index (χ0n) is 17.3. The molecule has 1 N–H and O–H groups in total. The third-order valence-corrected chi connectivity index (χ3v) is 5.93. The fourth-order valence-corrected chi connectivity index (χ4v) is 4.41. The number of methoxy groups -OCH3 is 1. The highest BCUT2D eigenvalue weighted by Crippen LogP contribution is 2.32. The maximum absolute atomic E-state index is 13.0. The van der Waals surface area contributed by atoms with Gasteiger partial charge in [-0.05, 0) is 49.6 Å². The molecule has 0 radical (unpaired) electrons. The molecule has 1 saturated heterocycles. The minimum atomic E-state index is -0.440. The van der Waals surface area contributed by atoms with E-state index in [0.717, 1.165) is 24.3 Å². The lowest BCUT2D eigenvalue weighted by atomic mass is 10.1. The van der Waals surface area contributed by atoms with Gasteiger partial charge in [0.25, 0.3) is 0 Å². The summed E-state index contributed by atoms with van der Waals surface area (Å²) in [7, 11) is 1.62. The molecular formula is C23H27N3O3S. The molecular weight excluding hydrogens is 398 g/mol. The van der Waals surface area contributed by atoms with Gasteiger partial charge in [-0.1, -0.05) is 42.1 Å². The van der Waals surface area contributed by atoms with Gasteiger partial charge in [0.05, 0.1) is 12.8 Å². The molecule has 0 aliphatic carbocycles. The molecule has 7 heteroatoms. The number of thioether (sulfide) groups is 1. The number of benzene rings is 2. The minimum absolute atomic E-state index is 0.0495. The summed E-state index contributed by atoms with van der Waals surface area (Å²) in [6.45, 7) is 2.99. The smallest absolute Gasteiger partial charge is 0.242 e. The van der Waals surface area contributed by atoms with E-state index < -0.39 is 5.25 Å². The van der Waals surface area contributed by atoms with Crippen molar-refractivity contribution in [3.63, 3.8) is 0 Å². The summed E-state index contributed by atoms with van der Waals surface area (Å²) >= 11 is 1.37. The Balaban J connectivity index is 1.73. The van der Waals surface area contributed by atoms with Gasteiger partial charge in [-0.15, -0.1) is 0 Å². The number of aliphatic imine (C=N–C) groups is 1. The summed E-state index contributed by atoms with van der Waals surface area (Å²) in [6.07, 6.45) is 1.87. The Bertz CT molecular complexity index is 884. The number of nitrogens with zero attached hydrogens (tertiary/aromatic N) is 2. The lowest BCUT2D eigenvalue weighted by molar-refractivity contribution is -0.129. The van der Waals surface area contributed by atoms with Gasteiger partial charge in [-0.2, -0.15) is 0 Å². The summed E-state index contributed by atoms with van der Waals surface area (Å²) in [6, 6.07) is 17.6. The highest BCUT2D eigenvalue weighted by molar-refractivity contribution is 8.15. The van der Waals surface area contributed by atoms with Crippen LogP contribution in [0.15, 0.2) is 59.6 Å².